The highest BCUT2D eigenvalue weighted by atomic mass is 32.1. The van der Waals surface area contributed by atoms with E-state index in [4.69, 9.17) is 19.2 Å². The maximum absolute atomic E-state index is 13.8. The Morgan fingerprint density at radius 1 is 0.955 bits per heavy atom. The summed E-state index contributed by atoms with van der Waals surface area (Å²) in [6.07, 6.45) is 0. The molecule has 0 radical (unpaired) electrons. The molecular weight excluding hydrogens is 576 g/mol. The Morgan fingerprint density at radius 2 is 1.75 bits per heavy atom. The minimum absolute atomic E-state index is 0.0426. The Labute approximate surface area is 257 Å². The molecule has 220 valence electrons. The number of aromatic nitrogens is 1. The highest BCUT2D eigenvalue weighted by Gasteiger charge is 2.48. The minimum Gasteiger partial charge on any atom is -0.507 e. The van der Waals surface area contributed by atoms with Crippen molar-refractivity contribution in [3.8, 4) is 17.2 Å². The number of carbonyl (C=O) groups is 2. The number of aliphatic hydroxyl groups excluding tert-OH is 1. The van der Waals surface area contributed by atoms with Crippen LogP contribution in [-0.2, 0) is 16.2 Å². The standard InChI is InChI=1S/C35H28N2O6S/c1-20-15-21(2)30-28(16-20)44-35(36-30)37-31(23-9-6-10-25(17-23)43-19-22-7-4-3-5-8-22)29(33(39)34(37)40)32(38)24-11-12-26-27(18-24)42-14-13-41-26/h3-12,15-18,31,38H,13-14,19H2,1-2H3/b32-29+/t31-/m1/s1. The predicted molar refractivity (Wildman–Crippen MR) is 169 cm³/mol. The van der Waals surface area contributed by atoms with Crippen LogP contribution < -0.4 is 19.1 Å². The van der Waals surface area contributed by atoms with Gasteiger partial charge in [-0.15, -0.1) is 0 Å². The SMILES string of the molecule is Cc1cc(C)c2nc(N3C(=O)C(=O)/C(=C(/O)c4ccc5c(c4)OCCO5)[C@H]3c3cccc(OCc4ccccc4)c3)sc2c1. The van der Waals surface area contributed by atoms with E-state index in [9.17, 15) is 14.7 Å². The first kappa shape index (κ1) is 27.7. The van der Waals surface area contributed by atoms with E-state index in [1.54, 1.807) is 24.3 Å². The van der Waals surface area contributed by atoms with Gasteiger partial charge in [0.1, 0.15) is 31.3 Å². The van der Waals surface area contributed by atoms with Crippen LogP contribution in [0.1, 0.15) is 33.9 Å². The number of rotatable bonds is 6. The molecule has 2 aliphatic heterocycles. The monoisotopic (exact) mass is 604 g/mol. The van der Waals surface area contributed by atoms with E-state index in [1.165, 1.54) is 16.2 Å². The molecule has 3 heterocycles. The highest BCUT2D eigenvalue weighted by molar-refractivity contribution is 7.22. The molecule has 0 spiro atoms. The molecule has 2 aliphatic rings. The van der Waals surface area contributed by atoms with Gasteiger partial charge in [-0.1, -0.05) is 59.9 Å². The van der Waals surface area contributed by atoms with E-state index >= 15 is 0 Å². The summed E-state index contributed by atoms with van der Waals surface area (Å²) < 4.78 is 18.3. The lowest BCUT2D eigenvalue weighted by Crippen LogP contribution is -2.29. The van der Waals surface area contributed by atoms with E-state index in [1.807, 2.05) is 74.5 Å². The van der Waals surface area contributed by atoms with Gasteiger partial charge in [-0.3, -0.25) is 14.5 Å². The van der Waals surface area contributed by atoms with Gasteiger partial charge in [0.2, 0.25) is 0 Å². The third-order valence-electron chi connectivity index (χ3n) is 7.71. The quantitative estimate of drug-likeness (QED) is 0.128. The first-order valence-corrected chi connectivity index (χ1v) is 15.0. The van der Waals surface area contributed by atoms with Crippen LogP contribution in [-0.4, -0.2) is 35.0 Å². The minimum atomic E-state index is -0.953. The number of thiazole rings is 1. The van der Waals surface area contributed by atoms with Crippen LogP contribution in [0, 0.1) is 13.8 Å². The zero-order chi connectivity index (χ0) is 30.4. The first-order chi connectivity index (χ1) is 21.4. The van der Waals surface area contributed by atoms with Crippen molar-refractivity contribution >= 4 is 44.1 Å². The van der Waals surface area contributed by atoms with E-state index in [2.05, 4.69) is 0 Å². The fraction of sp³-hybridized carbons (Fsp3) is 0.171. The van der Waals surface area contributed by atoms with Gasteiger partial charge in [-0.05, 0) is 72.5 Å². The summed E-state index contributed by atoms with van der Waals surface area (Å²) >= 11 is 1.34. The second-order valence-electron chi connectivity index (χ2n) is 10.8. The van der Waals surface area contributed by atoms with Crippen molar-refractivity contribution in [2.45, 2.75) is 26.5 Å². The number of Topliss-reactive ketones (excluding diaryl/α,β-unsaturated/α-hetero) is 1. The van der Waals surface area contributed by atoms with Crippen molar-refractivity contribution in [1.82, 2.24) is 4.98 Å². The fourth-order valence-corrected chi connectivity index (χ4v) is 6.84. The number of amides is 1. The summed E-state index contributed by atoms with van der Waals surface area (Å²) in [5, 5.41) is 12.1. The molecule has 9 heteroatoms. The number of ether oxygens (including phenoxy) is 3. The van der Waals surface area contributed by atoms with Gasteiger partial charge in [-0.25, -0.2) is 4.98 Å². The largest absolute Gasteiger partial charge is 0.507 e. The van der Waals surface area contributed by atoms with Crippen LogP contribution in [0.2, 0.25) is 0 Å². The molecule has 1 amide bonds. The van der Waals surface area contributed by atoms with Crippen LogP contribution in [0.15, 0.2) is 90.5 Å². The number of fused-ring (bicyclic) bond motifs is 2. The molecule has 0 saturated carbocycles. The van der Waals surface area contributed by atoms with Gasteiger partial charge in [0.05, 0.1) is 21.8 Å². The van der Waals surface area contributed by atoms with Gasteiger partial charge in [0.15, 0.2) is 16.6 Å². The predicted octanol–water partition coefficient (Wildman–Crippen LogP) is 6.89. The van der Waals surface area contributed by atoms with Crippen LogP contribution in [0.3, 0.4) is 0 Å². The normalized spacial score (nSPS) is 17.3. The lowest BCUT2D eigenvalue weighted by Gasteiger charge is -2.24. The molecule has 0 bridgehead atoms. The molecular formula is C35H28N2O6S. The molecule has 44 heavy (non-hydrogen) atoms. The molecule has 4 aromatic carbocycles. The first-order valence-electron chi connectivity index (χ1n) is 14.2. The van der Waals surface area contributed by atoms with Crippen LogP contribution in [0.5, 0.6) is 17.2 Å². The van der Waals surface area contributed by atoms with E-state index < -0.39 is 17.7 Å². The van der Waals surface area contributed by atoms with Crippen LogP contribution >= 0.6 is 11.3 Å². The van der Waals surface area contributed by atoms with Crippen molar-refractivity contribution in [3.05, 3.63) is 118 Å². The van der Waals surface area contributed by atoms with Crippen molar-refractivity contribution in [2.24, 2.45) is 0 Å². The molecule has 1 atom stereocenters. The third-order valence-corrected chi connectivity index (χ3v) is 8.71. The zero-order valence-electron chi connectivity index (χ0n) is 24.1. The molecule has 1 aromatic heterocycles. The number of aliphatic hydroxyl groups is 1. The van der Waals surface area contributed by atoms with Crippen molar-refractivity contribution in [3.63, 3.8) is 0 Å². The Kier molecular flexibility index (Phi) is 7.02. The summed E-state index contributed by atoms with van der Waals surface area (Å²) in [5.74, 6) is -0.306. The number of benzene rings is 4. The molecule has 1 N–H and O–H groups in total. The van der Waals surface area contributed by atoms with Gasteiger partial charge in [0.25, 0.3) is 5.78 Å². The molecule has 8 nitrogen and oxygen atoms in total. The second-order valence-corrected chi connectivity index (χ2v) is 11.8. The summed E-state index contributed by atoms with van der Waals surface area (Å²) in [5.41, 5.74) is 4.71. The number of carbonyl (C=O) groups excluding carboxylic acids is 2. The highest BCUT2D eigenvalue weighted by Crippen LogP contribution is 2.46. The zero-order valence-corrected chi connectivity index (χ0v) is 24.9. The Morgan fingerprint density at radius 3 is 2.57 bits per heavy atom. The third kappa shape index (κ3) is 4.95. The van der Waals surface area contributed by atoms with Gasteiger partial charge in [0, 0.05) is 5.56 Å². The molecule has 0 aliphatic carbocycles. The van der Waals surface area contributed by atoms with Gasteiger partial charge >= 0.3 is 5.91 Å². The fourth-order valence-electron chi connectivity index (χ4n) is 5.67. The molecule has 1 saturated heterocycles. The average Bonchev–Trinajstić information content (AvgIpc) is 3.58. The summed E-state index contributed by atoms with van der Waals surface area (Å²) in [4.78, 5) is 33.8. The number of hydrogen-bond donors (Lipinski definition) is 1. The van der Waals surface area contributed by atoms with Crippen molar-refractivity contribution in [1.29, 1.82) is 0 Å². The van der Waals surface area contributed by atoms with Crippen LogP contribution in [0.25, 0.3) is 16.0 Å². The smallest absolute Gasteiger partial charge is 0.301 e. The topological polar surface area (TPSA) is 98.2 Å². The Bertz CT molecular complexity index is 1970. The van der Waals surface area contributed by atoms with Crippen molar-refractivity contribution < 1.29 is 28.9 Å². The second kappa shape index (κ2) is 11.2. The number of hydrogen-bond acceptors (Lipinski definition) is 8. The van der Waals surface area contributed by atoms with E-state index in [0.29, 0.717) is 53.3 Å². The number of nitrogens with zero attached hydrogens (tertiary/aromatic N) is 2. The summed E-state index contributed by atoms with van der Waals surface area (Å²) in [6.45, 7) is 5.12. The summed E-state index contributed by atoms with van der Waals surface area (Å²) in [7, 11) is 0. The maximum atomic E-state index is 13.8. The summed E-state index contributed by atoms with van der Waals surface area (Å²) in [6, 6.07) is 25.1. The van der Waals surface area contributed by atoms with Gasteiger partial charge < -0.3 is 19.3 Å². The number of ketones is 1. The van der Waals surface area contributed by atoms with Gasteiger partial charge in [-0.2, -0.15) is 0 Å². The average molecular weight is 605 g/mol. The van der Waals surface area contributed by atoms with Crippen LogP contribution in [0.4, 0.5) is 5.13 Å². The lowest BCUT2D eigenvalue weighted by atomic mass is 9.95. The van der Waals surface area contributed by atoms with Crippen molar-refractivity contribution in [2.75, 3.05) is 18.1 Å². The number of anilines is 1. The van der Waals surface area contributed by atoms with E-state index in [-0.39, 0.29) is 11.3 Å². The lowest BCUT2D eigenvalue weighted by molar-refractivity contribution is -0.132. The molecule has 1 fully saturated rings. The molecule has 7 rings (SSSR count). The Balaban J connectivity index is 1.36. The maximum Gasteiger partial charge on any atom is 0.301 e. The van der Waals surface area contributed by atoms with E-state index in [0.717, 1.165) is 26.9 Å². The molecule has 0 unspecified atom stereocenters. The number of aryl methyl sites for hydroxylation is 2. The molecule has 5 aromatic rings. The Hall–Kier alpha value is -5.15.